The fourth-order valence-corrected chi connectivity index (χ4v) is 3.56. The van der Waals surface area contributed by atoms with Crippen LogP contribution in [0.25, 0.3) is 6.08 Å². The van der Waals surface area contributed by atoms with Crippen molar-refractivity contribution in [2.75, 3.05) is 13.1 Å². The van der Waals surface area contributed by atoms with E-state index in [1.54, 1.807) is 41.3 Å². The Hall–Kier alpha value is -2.30. The van der Waals surface area contributed by atoms with E-state index in [-0.39, 0.29) is 17.9 Å². The van der Waals surface area contributed by atoms with Gasteiger partial charge >= 0.3 is 0 Å². The minimum absolute atomic E-state index is 0.0729. The summed E-state index contributed by atoms with van der Waals surface area (Å²) in [5, 5.41) is 4.05. The molecule has 0 radical (unpaired) electrons. The number of amides is 2. The van der Waals surface area contributed by atoms with Gasteiger partial charge in [0.05, 0.1) is 0 Å². The number of likely N-dealkylation sites (tertiary alicyclic amines) is 1. The maximum atomic E-state index is 12.4. The van der Waals surface area contributed by atoms with Crippen molar-refractivity contribution in [3.63, 3.8) is 0 Å². The number of nitrogens with zero attached hydrogens (tertiary/aromatic N) is 1. The van der Waals surface area contributed by atoms with Crippen LogP contribution in [0.2, 0.25) is 10.0 Å². The molecule has 2 aromatic rings. The second-order valence-electron chi connectivity index (χ2n) is 6.41. The Labute approximate surface area is 168 Å². The molecule has 1 fully saturated rings. The molecule has 2 amide bonds. The molecule has 6 heteroatoms. The van der Waals surface area contributed by atoms with Crippen molar-refractivity contribution in [1.82, 2.24) is 10.2 Å². The molecule has 4 nitrogen and oxygen atoms in total. The molecule has 0 spiro atoms. The summed E-state index contributed by atoms with van der Waals surface area (Å²) in [6, 6.07) is 14.4. The lowest BCUT2D eigenvalue weighted by atomic mass is 10.0. The molecule has 27 heavy (non-hydrogen) atoms. The lowest BCUT2D eigenvalue weighted by Crippen LogP contribution is -2.46. The molecule has 1 heterocycles. The molecule has 0 aromatic heterocycles. The Morgan fingerprint density at radius 2 is 1.59 bits per heavy atom. The van der Waals surface area contributed by atoms with Crippen LogP contribution < -0.4 is 5.32 Å². The minimum Gasteiger partial charge on any atom is -0.349 e. The van der Waals surface area contributed by atoms with E-state index >= 15 is 0 Å². The maximum absolute atomic E-state index is 12.4. The molecule has 1 aliphatic heterocycles. The predicted molar refractivity (Wildman–Crippen MR) is 109 cm³/mol. The summed E-state index contributed by atoms with van der Waals surface area (Å²) in [4.78, 5) is 26.4. The number of benzene rings is 2. The Morgan fingerprint density at radius 3 is 2.22 bits per heavy atom. The summed E-state index contributed by atoms with van der Waals surface area (Å²) < 4.78 is 0. The quantitative estimate of drug-likeness (QED) is 0.768. The molecule has 0 unspecified atom stereocenters. The van der Waals surface area contributed by atoms with Gasteiger partial charge in [-0.05, 0) is 43.2 Å². The zero-order valence-corrected chi connectivity index (χ0v) is 16.2. The van der Waals surface area contributed by atoms with Crippen molar-refractivity contribution < 1.29 is 9.59 Å². The summed E-state index contributed by atoms with van der Waals surface area (Å²) in [6.07, 6.45) is 4.60. The first kappa shape index (κ1) is 19.5. The van der Waals surface area contributed by atoms with Gasteiger partial charge < -0.3 is 10.2 Å². The second-order valence-corrected chi connectivity index (χ2v) is 7.22. The van der Waals surface area contributed by atoms with Crippen LogP contribution in [-0.4, -0.2) is 35.8 Å². The normalized spacial score (nSPS) is 15.1. The molecule has 140 valence electrons. The van der Waals surface area contributed by atoms with E-state index in [0.29, 0.717) is 34.3 Å². The van der Waals surface area contributed by atoms with E-state index in [2.05, 4.69) is 5.32 Å². The molecule has 1 saturated heterocycles. The largest absolute Gasteiger partial charge is 0.349 e. The van der Waals surface area contributed by atoms with Gasteiger partial charge in [-0.1, -0.05) is 47.5 Å². The van der Waals surface area contributed by atoms with Crippen molar-refractivity contribution in [2.24, 2.45) is 0 Å². The van der Waals surface area contributed by atoms with Gasteiger partial charge in [-0.25, -0.2) is 0 Å². The second kappa shape index (κ2) is 9.07. The first-order valence-electron chi connectivity index (χ1n) is 8.81. The topological polar surface area (TPSA) is 49.4 Å². The van der Waals surface area contributed by atoms with Gasteiger partial charge in [0.15, 0.2) is 0 Å². The smallest absolute Gasteiger partial charge is 0.251 e. The molecule has 0 aliphatic carbocycles. The first-order valence-corrected chi connectivity index (χ1v) is 9.57. The van der Waals surface area contributed by atoms with Crippen molar-refractivity contribution in [3.05, 3.63) is 75.8 Å². The highest BCUT2D eigenvalue weighted by molar-refractivity contribution is 6.37. The van der Waals surface area contributed by atoms with Crippen molar-refractivity contribution >= 4 is 41.1 Å². The third-order valence-corrected chi connectivity index (χ3v) is 5.23. The summed E-state index contributed by atoms with van der Waals surface area (Å²) in [5.41, 5.74) is 1.29. The van der Waals surface area contributed by atoms with Crippen molar-refractivity contribution in [3.8, 4) is 0 Å². The molecule has 0 bridgehead atoms. The molecule has 0 saturated carbocycles. The Morgan fingerprint density at radius 1 is 0.963 bits per heavy atom. The summed E-state index contributed by atoms with van der Waals surface area (Å²) in [5.74, 6) is -0.160. The monoisotopic (exact) mass is 402 g/mol. The zero-order valence-electron chi connectivity index (χ0n) is 14.7. The van der Waals surface area contributed by atoms with E-state index in [4.69, 9.17) is 23.2 Å². The maximum Gasteiger partial charge on any atom is 0.251 e. The number of carbonyl (C=O) groups is 2. The van der Waals surface area contributed by atoms with Crippen LogP contribution in [0.3, 0.4) is 0 Å². The van der Waals surface area contributed by atoms with Gasteiger partial charge in [0.25, 0.3) is 5.91 Å². The number of hydrogen-bond donors (Lipinski definition) is 1. The Bertz CT molecular complexity index is 824. The Balaban J connectivity index is 1.52. The highest BCUT2D eigenvalue weighted by atomic mass is 35.5. The molecule has 2 aromatic carbocycles. The van der Waals surface area contributed by atoms with Crippen LogP contribution >= 0.6 is 23.2 Å². The van der Waals surface area contributed by atoms with E-state index in [1.807, 2.05) is 18.2 Å². The summed E-state index contributed by atoms with van der Waals surface area (Å²) in [7, 11) is 0. The average molecular weight is 403 g/mol. The third-order valence-electron chi connectivity index (χ3n) is 4.57. The van der Waals surface area contributed by atoms with E-state index in [1.165, 1.54) is 6.08 Å². The number of halogens is 2. The van der Waals surface area contributed by atoms with Gasteiger partial charge in [-0.15, -0.1) is 0 Å². The zero-order chi connectivity index (χ0) is 19.2. The third kappa shape index (κ3) is 5.12. The highest BCUT2D eigenvalue weighted by Gasteiger charge is 2.23. The first-order chi connectivity index (χ1) is 13.0. The average Bonchev–Trinajstić information content (AvgIpc) is 2.68. The molecule has 1 aliphatic rings. The van der Waals surface area contributed by atoms with E-state index in [0.717, 1.165) is 12.8 Å². The van der Waals surface area contributed by atoms with Crippen molar-refractivity contribution in [2.45, 2.75) is 18.9 Å². The number of carbonyl (C=O) groups excluding carboxylic acids is 2. The Kier molecular flexibility index (Phi) is 6.54. The molecule has 0 atom stereocenters. The molecule has 1 N–H and O–H groups in total. The van der Waals surface area contributed by atoms with E-state index < -0.39 is 0 Å². The lowest BCUT2D eigenvalue weighted by Gasteiger charge is -2.31. The lowest BCUT2D eigenvalue weighted by molar-refractivity contribution is -0.126. The van der Waals surface area contributed by atoms with Crippen LogP contribution in [0.4, 0.5) is 0 Å². The summed E-state index contributed by atoms with van der Waals surface area (Å²) in [6.45, 7) is 1.19. The minimum atomic E-state index is -0.0844. The SMILES string of the molecule is O=C(NC1CCN(C(=O)/C=C/c2c(Cl)cccc2Cl)CC1)c1ccccc1. The number of rotatable bonds is 4. The van der Waals surface area contributed by atoms with E-state index in [9.17, 15) is 9.59 Å². The van der Waals surface area contributed by atoms with Crippen LogP contribution in [0.5, 0.6) is 0 Å². The van der Waals surface area contributed by atoms with Gasteiger partial charge in [0.1, 0.15) is 0 Å². The van der Waals surface area contributed by atoms with Gasteiger partial charge in [0, 0.05) is 46.4 Å². The van der Waals surface area contributed by atoms with Crippen molar-refractivity contribution in [1.29, 1.82) is 0 Å². The van der Waals surface area contributed by atoms with Gasteiger partial charge in [0.2, 0.25) is 5.91 Å². The number of nitrogens with one attached hydrogen (secondary N) is 1. The van der Waals surface area contributed by atoms with Gasteiger partial charge in [-0.3, -0.25) is 9.59 Å². The number of piperidine rings is 1. The van der Waals surface area contributed by atoms with Crippen LogP contribution in [0.1, 0.15) is 28.8 Å². The predicted octanol–water partition coefficient (Wildman–Crippen LogP) is 4.43. The van der Waals surface area contributed by atoms with Crippen LogP contribution in [0.15, 0.2) is 54.6 Å². The highest BCUT2D eigenvalue weighted by Crippen LogP contribution is 2.25. The standard InChI is InChI=1S/C21H20Cl2N2O2/c22-18-7-4-8-19(23)17(18)9-10-20(26)25-13-11-16(12-14-25)24-21(27)15-5-2-1-3-6-15/h1-10,16H,11-14H2,(H,24,27)/b10-9+. The fourth-order valence-electron chi connectivity index (χ4n) is 3.03. The molecule has 3 rings (SSSR count). The van der Waals surface area contributed by atoms with Gasteiger partial charge in [-0.2, -0.15) is 0 Å². The molecular formula is C21H20Cl2N2O2. The fraction of sp³-hybridized carbons (Fsp3) is 0.238. The van der Waals surface area contributed by atoms with Crippen LogP contribution in [-0.2, 0) is 4.79 Å². The van der Waals surface area contributed by atoms with Crippen LogP contribution in [0, 0.1) is 0 Å². The molecular weight excluding hydrogens is 383 g/mol. The number of hydrogen-bond acceptors (Lipinski definition) is 2. The summed E-state index contributed by atoms with van der Waals surface area (Å²) >= 11 is 12.2.